The number of nitrogen functional groups attached to an aromatic ring is 1. The van der Waals surface area contributed by atoms with Crippen LogP contribution in [-0.2, 0) is 0 Å². The quantitative estimate of drug-likeness (QED) is 0.808. The van der Waals surface area contributed by atoms with Gasteiger partial charge in [-0.1, -0.05) is 11.6 Å². The lowest BCUT2D eigenvalue weighted by Gasteiger charge is -2.21. The number of rotatable bonds is 1. The van der Waals surface area contributed by atoms with Crippen molar-refractivity contribution in [2.75, 3.05) is 23.7 Å². The molecule has 1 aliphatic heterocycles. The molecule has 2 atom stereocenters. The van der Waals surface area contributed by atoms with Gasteiger partial charge in [0.15, 0.2) is 5.82 Å². The van der Waals surface area contributed by atoms with Gasteiger partial charge in [0.05, 0.1) is 5.69 Å². The van der Waals surface area contributed by atoms with Crippen molar-refractivity contribution in [3.63, 3.8) is 0 Å². The van der Waals surface area contributed by atoms with E-state index in [0.717, 1.165) is 35.2 Å². The third kappa shape index (κ3) is 1.60. The Morgan fingerprint density at radius 3 is 2.80 bits per heavy atom. The Kier molecular flexibility index (Phi) is 2.11. The molecule has 2 aliphatic rings. The summed E-state index contributed by atoms with van der Waals surface area (Å²) >= 11 is 9.32. The van der Waals surface area contributed by atoms with Crippen LogP contribution in [0.15, 0.2) is 10.5 Å². The molecule has 15 heavy (non-hydrogen) atoms. The molecule has 2 unspecified atom stereocenters. The van der Waals surface area contributed by atoms with E-state index in [1.165, 1.54) is 6.42 Å². The maximum atomic E-state index is 5.98. The highest BCUT2D eigenvalue weighted by atomic mass is 79.9. The van der Waals surface area contributed by atoms with Crippen LogP contribution in [0.4, 0.5) is 11.5 Å². The summed E-state index contributed by atoms with van der Waals surface area (Å²) in [4.78, 5) is 6.55. The van der Waals surface area contributed by atoms with Gasteiger partial charge >= 0.3 is 0 Å². The molecule has 1 aromatic rings. The molecule has 1 saturated carbocycles. The first kappa shape index (κ1) is 9.73. The van der Waals surface area contributed by atoms with E-state index in [1.54, 1.807) is 6.07 Å². The average molecular weight is 289 g/mol. The van der Waals surface area contributed by atoms with Gasteiger partial charge in [0, 0.05) is 17.6 Å². The van der Waals surface area contributed by atoms with Gasteiger partial charge in [-0.15, -0.1) is 0 Å². The summed E-state index contributed by atoms with van der Waals surface area (Å²) in [5.74, 6) is 2.56. The molecule has 80 valence electrons. The van der Waals surface area contributed by atoms with Crippen LogP contribution < -0.4 is 10.6 Å². The second kappa shape index (κ2) is 3.25. The summed E-state index contributed by atoms with van der Waals surface area (Å²) in [6.45, 7) is 2.16. The monoisotopic (exact) mass is 287 g/mol. The summed E-state index contributed by atoms with van der Waals surface area (Å²) in [7, 11) is 0. The van der Waals surface area contributed by atoms with Gasteiger partial charge in [0.2, 0.25) is 0 Å². The smallest absolute Gasteiger partial charge is 0.154 e. The van der Waals surface area contributed by atoms with Gasteiger partial charge in [0.25, 0.3) is 0 Å². The Labute approximate surface area is 102 Å². The highest BCUT2D eigenvalue weighted by Crippen LogP contribution is 2.47. The molecule has 2 N–H and O–H groups in total. The van der Waals surface area contributed by atoms with Crippen LogP contribution >= 0.6 is 27.5 Å². The number of pyridine rings is 1. The normalized spacial score (nSPS) is 28.0. The van der Waals surface area contributed by atoms with E-state index >= 15 is 0 Å². The molecule has 0 amide bonds. The summed E-state index contributed by atoms with van der Waals surface area (Å²) in [6, 6.07) is 1.73. The van der Waals surface area contributed by atoms with E-state index in [-0.39, 0.29) is 0 Å². The third-order valence-corrected chi connectivity index (χ3v) is 4.08. The van der Waals surface area contributed by atoms with Crippen LogP contribution in [-0.4, -0.2) is 18.1 Å². The molecule has 0 radical (unpaired) electrons. The van der Waals surface area contributed by atoms with Gasteiger partial charge in [0.1, 0.15) is 5.15 Å². The molecule has 2 fully saturated rings. The number of halogens is 2. The maximum absolute atomic E-state index is 5.98. The van der Waals surface area contributed by atoms with Crippen molar-refractivity contribution in [2.45, 2.75) is 6.42 Å². The Balaban J connectivity index is 1.96. The first-order valence-electron chi connectivity index (χ1n) is 5.01. The topological polar surface area (TPSA) is 42.1 Å². The number of anilines is 2. The van der Waals surface area contributed by atoms with Crippen LogP contribution in [0.3, 0.4) is 0 Å². The van der Waals surface area contributed by atoms with Gasteiger partial charge in [-0.05, 0) is 40.3 Å². The lowest BCUT2D eigenvalue weighted by molar-refractivity contribution is 0.806. The first-order valence-corrected chi connectivity index (χ1v) is 6.18. The molecule has 1 aromatic heterocycles. The van der Waals surface area contributed by atoms with Crippen LogP contribution in [0.25, 0.3) is 0 Å². The Hall–Kier alpha value is -0.480. The van der Waals surface area contributed by atoms with E-state index < -0.39 is 0 Å². The number of aromatic nitrogens is 1. The lowest BCUT2D eigenvalue weighted by atomic mass is 10.3. The fourth-order valence-corrected chi connectivity index (χ4v) is 3.01. The zero-order valence-electron chi connectivity index (χ0n) is 8.08. The first-order chi connectivity index (χ1) is 7.15. The van der Waals surface area contributed by atoms with Crippen molar-refractivity contribution in [3.8, 4) is 0 Å². The van der Waals surface area contributed by atoms with Crippen LogP contribution in [0.1, 0.15) is 6.42 Å². The van der Waals surface area contributed by atoms with Crippen molar-refractivity contribution in [1.82, 2.24) is 4.98 Å². The minimum Gasteiger partial charge on any atom is -0.395 e. The van der Waals surface area contributed by atoms with E-state index in [1.807, 2.05) is 0 Å². The number of piperidine rings is 1. The number of hydrogen-bond donors (Lipinski definition) is 1. The van der Waals surface area contributed by atoms with E-state index in [4.69, 9.17) is 17.3 Å². The number of hydrogen-bond acceptors (Lipinski definition) is 3. The molecule has 2 heterocycles. The second-order valence-corrected chi connectivity index (χ2v) is 5.57. The van der Waals surface area contributed by atoms with Crippen molar-refractivity contribution < 1.29 is 0 Å². The third-order valence-electron chi connectivity index (χ3n) is 3.24. The van der Waals surface area contributed by atoms with Crippen LogP contribution in [0, 0.1) is 11.8 Å². The highest BCUT2D eigenvalue weighted by molar-refractivity contribution is 9.10. The predicted octanol–water partition coefficient (Wildman–Crippen LogP) is 2.54. The molecule has 3 nitrogen and oxygen atoms in total. The molecule has 1 saturated heterocycles. The van der Waals surface area contributed by atoms with Gasteiger partial charge in [-0.3, -0.25) is 0 Å². The fourth-order valence-electron chi connectivity index (χ4n) is 2.29. The van der Waals surface area contributed by atoms with E-state index in [2.05, 4.69) is 25.8 Å². The molecular weight excluding hydrogens is 277 g/mol. The maximum Gasteiger partial charge on any atom is 0.154 e. The molecule has 0 aromatic carbocycles. The molecular formula is C10H11BrClN3. The molecule has 3 rings (SSSR count). The van der Waals surface area contributed by atoms with E-state index in [0.29, 0.717) is 10.8 Å². The van der Waals surface area contributed by atoms with Gasteiger partial charge in [-0.2, -0.15) is 0 Å². The lowest BCUT2D eigenvalue weighted by Crippen LogP contribution is -2.24. The highest BCUT2D eigenvalue weighted by Gasteiger charge is 2.45. The SMILES string of the molecule is Nc1c(Br)cc(Cl)nc1N1CC2CC2C1. The average Bonchev–Trinajstić information content (AvgIpc) is 2.80. The number of fused-ring (bicyclic) bond motifs is 1. The summed E-state index contributed by atoms with van der Waals surface area (Å²) in [5.41, 5.74) is 6.68. The van der Waals surface area contributed by atoms with Crippen molar-refractivity contribution in [1.29, 1.82) is 0 Å². The van der Waals surface area contributed by atoms with Gasteiger partial charge in [-0.25, -0.2) is 4.98 Å². The molecule has 1 aliphatic carbocycles. The minimum atomic E-state index is 0.492. The van der Waals surface area contributed by atoms with Crippen molar-refractivity contribution in [2.24, 2.45) is 11.8 Å². The fraction of sp³-hybridized carbons (Fsp3) is 0.500. The summed E-state index contributed by atoms with van der Waals surface area (Å²) in [5, 5.41) is 0.492. The molecule has 5 heteroatoms. The largest absolute Gasteiger partial charge is 0.395 e. The minimum absolute atomic E-state index is 0.492. The second-order valence-electron chi connectivity index (χ2n) is 4.32. The zero-order valence-corrected chi connectivity index (χ0v) is 10.4. The Bertz CT molecular complexity index is 413. The predicted molar refractivity (Wildman–Crippen MR) is 65.2 cm³/mol. The number of nitrogens with zero attached hydrogens (tertiary/aromatic N) is 2. The Morgan fingerprint density at radius 2 is 2.13 bits per heavy atom. The Morgan fingerprint density at radius 1 is 1.47 bits per heavy atom. The van der Waals surface area contributed by atoms with Crippen LogP contribution in [0.5, 0.6) is 0 Å². The summed E-state index contributed by atoms with van der Waals surface area (Å²) in [6.07, 6.45) is 1.37. The van der Waals surface area contributed by atoms with Crippen molar-refractivity contribution >= 4 is 39.0 Å². The van der Waals surface area contributed by atoms with Crippen LogP contribution in [0.2, 0.25) is 5.15 Å². The molecule has 0 spiro atoms. The van der Waals surface area contributed by atoms with Crippen molar-refractivity contribution in [3.05, 3.63) is 15.7 Å². The van der Waals surface area contributed by atoms with E-state index in [9.17, 15) is 0 Å². The zero-order chi connectivity index (χ0) is 10.6. The summed E-state index contributed by atoms with van der Waals surface area (Å²) < 4.78 is 0.832. The molecule has 0 bridgehead atoms. The number of nitrogens with two attached hydrogens (primary N) is 1. The van der Waals surface area contributed by atoms with Gasteiger partial charge < -0.3 is 10.6 Å². The standard InChI is InChI=1S/C10H11BrClN3/c11-7-2-8(12)14-10(9(7)13)15-3-5-1-6(5)4-15/h2,5-6H,1,3-4,13H2.